The maximum Gasteiger partial charge on any atom is 0.307 e. The summed E-state index contributed by atoms with van der Waals surface area (Å²) in [5.41, 5.74) is 1.00. The van der Waals surface area contributed by atoms with Gasteiger partial charge in [0.05, 0.1) is 13.0 Å². The molecule has 0 amide bonds. The minimum Gasteiger partial charge on any atom is -0.460 e. The molecule has 0 aromatic heterocycles. The Morgan fingerprint density at radius 2 is 2.06 bits per heavy atom. The molecule has 0 radical (unpaired) electrons. The van der Waals surface area contributed by atoms with Crippen molar-refractivity contribution in [3.8, 4) is 0 Å². The van der Waals surface area contributed by atoms with Crippen molar-refractivity contribution in [2.75, 3.05) is 25.6 Å². The zero-order valence-electron chi connectivity index (χ0n) is 10.3. The van der Waals surface area contributed by atoms with Crippen molar-refractivity contribution >= 4 is 11.7 Å². The van der Waals surface area contributed by atoms with Crippen LogP contribution in [0, 0.1) is 0 Å². The summed E-state index contributed by atoms with van der Waals surface area (Å²) < 4.78 is 10.0. The number of rotatable bonds is 7. The lowest BCUT2D eigenvalue weighted by atomic mass is 10.3. The van der Waals surface area contributed by atoms with E-state index >= 15 is 0 Å². The highest BCUT2D eigenvalue weighted by Gasteiger charge is 2.08. The van der Waals surface area contributed by atoms with Crippen LogP contribution in [0.1, 0.15) is 13.3 Å². The van der Waals surface area contributed by atoms with Crippen LogP contribution in [0.3, 0.4) is 0 Å². The summed E-state index contributed by atoms with van der Waals surface area (Å²) in [5, 5.41) is 3.15. The Hall–Kier alpha value is -1.55. The fraction of sp³-hybridized carbons (Fsp3) is 0.462. The summed E-state index contributed by atoms with van der Waals surface area (Å²) in [5.74, 6) is -0.210. The molecule has 0 saturated heterocycles. The SMILES string of the molecule is COCC(C)OC(=O)CCNc1ccccc1. The largest absolute Gasteiger partial charge is 0.460 e. The van der Waals surface area contributed by atoms with Crippen LogP contribution in [0.2, 0.25) is 0 Å². The van der Waals surface area contributed by atoms with E-state index < -0.39 is 0 Å². The average molecular weight is 237 g/mol. The number of esters is 1. The molecule has 17 heavy (non-hydrogen) atoms. The van der Waals surface area contributed by atoms with Crippen molar-refractivity contribution in [3.63, 3.8) is 0 Å². The summed E-state index contributed by atoms with van der Waals surface area (Å²) in [6.07, 6.45) is 0.160. The first-order chi connectivity index (χ1) is 8.22. The van der Waals surface area contributed by atoms with Gasteiger partial charge in [-0.05, 0) is 19.1 Å². The number of hydrogen-bond donors (Lipinski definition) is 1. The first kappa shape index (κ1) is 13.5. The van der Waals surface area contributed by atoms with E-state index in [0.717, 1.165) is 5.69 Å². The average Bonchev–Trinajstić information content (AvgIpc) is 2.30. The fourth-order valence-electron chi connectivity index (χ4n) is 1.42. The summed E-state index contributed by atoms with van der Waals surface area (Å²) in [6, 6.07) is 9.76. The molecule has 0 bridgehead atoms. The molecule has 4 heteroatoms. The molecule has 1 N–H and O–H groups in total. The van der Waals surface area contributed by atoms with E-state index in [9.17, 15) is 4.79 Å². The fourth-order valence-corrected chi connectivity index (χ4v) is 1.42. The molecule has 1 unspecified atom stereocenters. The second kappa shape index (κ2) is 7.68. The van der Waals surface area contributed by atoms with Crippen LogP contribution in [0.25, 0.3) is 0 Å². The van der Waals surface area contributed by atoms with Crippen LogP contribution in [0.4, 0.5) is 5.69 Å². The van der Waals surface area contributed by atoms with E-state index in [4.69, 9.17) is 9.47 Å². The number of hydrogen-bond acceptors (Lipinski definition) is 4. The molecular formula is C13H19NO3. The Morgan fingerprint density at radius 3 is 2.71 bits per heavy atom. The number of methoxy groups -OCH3 is 1. The lowest BCUT2D eigenvalue weighted by Gasteiger charge is -2.12. The Balaban J connectivity index is 2.16. The third-order valence-corrected chi connectivity index (χ3v) is 2.17. The molecule has 0 aliphatic carbocycles. The van der Waals surface area contributed by atoms with E-state index in [0.29, 0.717) is 19.6 Å². The van der Waals surface area contributed by atoms with E-state index in [2.05, 4.69) is 5.32 Å². The molecule has 1 aromatic carbocycles. The Morgan fingerprint density at radius 1 is 1.35 bits per heavy atom. The second-order valence-electron chi connectivity index (χ2n) is 3.80. The molecule has 94 valence electrons. The van der Waals surface area contributed by atoms with Crippen molar-refractivity contribution in [1.29, 1.82) is 0 Å². The lowest BCUT2D eigenvalue weighted by molar-refractivity contribution is -0.150. The van der Waals surface area contributed by atoms with Crippen LogP contribution in [0.5, 0.6) is 0 Å². The van der Waals surface area contributed by atoms with Crippen molar-refractivity contribution in [3.05, 3.63) is 30.3 Å². The highest BCUT2D eigenvalue weighted by Crippen LogP contribution is 2.05. The van der Waals surface area contributed by atoms with E-state index in [-0.39, 0.29) is 12.1 Å². The van der Waals surface area contributed by atoms with E-state index in [1.807, 2.05) is 37.3 Å². The minimum atomic E-state index is -0.210. The van der Waals surface area contributed by atoms with Gasteiger partial charge in [-0.25, -0.2) is 0 Å². The number of carbonyl (C=O) groups is 1. The van der Waals surface area contributed by atoms with Gasteiger partial charge in [0.1, 0.15) is 6.10 Å². The monoisotopic (exact) mass is 237 g/mol. The summed E-state index contributed by atoms with van der Waals surface area (Å²) in [7, 11) is 1.58. The molecule has 0 saturated carbocycles. The maximum atomic E-state index is 11.4. The third-order valence-electron chi connectivity index (χ3n) is 2.17. The van der Waals surface area contributed by atoms with Gasteiger partial charge in [0.2, 0.25) is 0 Å². The van der Waals surface area contributed by atoms with Gasteiger partial charge < -0.3 is 14.8 Å². The Kier molecular flexibility index (Phi) is 6.10. The molecule has 0 fully saturated rings. The van der Waals surface area contributed by atoms with Gasteiger partial charge in [0.25, 0.3) is 0 Å². The van der Waals surface area contributed by atoms with E-state index in [1.165, 1.54) is 0 Å². The van der Waals surface area contributed by atoms with Crippen LogP contribution in [0.15, 0.2) is 30.3 Å². The summed E-state index contributed by atoms with van der Waals surface area (Å²) in [6.45, 7) is 2.81. The molecule has 0 heterocycles. The normalized spacial score (nSPS) is 11.9. The summed E-state index contributed by atoms with van der Waals surface area (Å²) >= 11 is 0. The molecule has 1 rings (SSSR count). The van der Waals surface area contributed by atoms with Crippen LogP contribution >= 0.6 is 0 Å². The quantitative estimate of drug-likeness (QED) is 0.737. The number of benzene rings is 1. The number of carbonyl (C=O) groups excluding carboxylic acids is 1. The van der Waals surface area contributed by atoms with Gasteiger partial charge >= 0.3 is 5.97 Å². The zero-order valence-corrected chi connectivity index (χ0v) is 10.3. The first-order valence-electron chi connectivity index (χ1n) is 5.69. The van der Waals surface area contributed by atoms with Crippen molar-refractivity contribution in [1.82, 2.24) is 0 Å². The van der Waals surface area contributed by atoms with E-state index in [1.54, 1.807) is 7.11 Å². The second-order valence-corrected chi connectivity index (χ2v) is 3.80. The van der Waals surface area contributed by atoms with Gasteiger partial charge in [-0.15, -0.1) is 0 Å². The standard InChI is InChI=1S/C13H19NO3/c1-11(10-16-2)17-13(15)8-9-14-12-6-4-3-5-7-12/h3-7,11,14H,8-10H2,1-2H3. The first-order valence-corrected chi connectivity index (χ1v) is 5.69. The highest BCUT2D eigenvalue weighted by molar-refractivity contribution is 5.70. The number of nitrogens with one attached hydrogen (secondary N) is 1. The summed E-state index contributed by atoms with van der Waals surface area (Å²) in [4.78, 5) is 11.4. The lowest BCUT2D eigenvalue weighted by Crippen LogP contribution is -2.21. The molecule has 0 aliphatic heterocycles. The van der Waals surface area contributed by atoms with Crippen molar-refractivity contribution < 1.29 is 14.3 Å². The minimum absolute atomic E-state index is 0.191. The Bertz CT molecular complexity index is 327. The number of anilines is 1. The van der Waals surface area contributed by atoms with Gasteiger partial charge in [-0.1, -0.05) is 18.2 Å². The zero-order chi connectivity index (χ0) is 12.5. The van der Waals surface area contributed by atoms with Crippen LogP contribution in [-0.4, -0.2) is 32.3 Å². The highest BCUT2D eigenvalue weighted by atomic mass is 16.6. The predicted molar refractivity (Wildman–Crippen MR) is 67.0 cm³/mol. The smallest absolute Gasteiger partial charge is 0.307 e. The Labute approximate surface area is 102 Å². The molecule has 1 atom stereocenters. The molecule has 0 spiro atoms. The molecular weight excluding hydrogens is 218 g/mol. The predicted octanol–water partition coefficient (Wildman–Crippen LogP) is 2.07. The van der Waals surface area contributed by atoms with Gasteiger partial charge in [0, 0.05) is 19.3 Å². The molecule has 0 aliphatic rings. The van der Waals surface area contributed by atoms with Crippen LogP contribution in [-0.2, 0) is 14.3 Å². The van der Waals surface area contributed by atoms with Gasteiger partial charge in [-0.3, -0.25) is 4.79 Å². The van der Waals surface area contributed by atoms with Crippen molar-refractivity contribution in [2.45, 2.75) is 19.4 Å². The van der Waals surface area contributed by atoms with Crippen molar-refractivity contribution in [2.24, 2.45) is 0 Å². The maximum absolute atomic E-state index is 11.4. The van der Waals surface area contributed by atoms with Crippen LogP contribution < -0.4 is 5.32 Å². The topological polar surface area (TPSA) is 47.6 Å². The van der Waals surface area contributed by atoms with Gasteiger partial charge in [0.15, 0.2) is 0 Å². The molecule has 1 aromatic rings. The van der Waals surface area contributed by atoms with Gasteiger partial charge in [-0.2, -0.15) is 0 Å². The molecule has 4 nitrogen and oxygen atoms in total. The third kappa shape index (κ3) is 5.92. The number of ether oxygens (including phenoxy) is 2. The number of para-hydroxylation sites is 1.